The number of H-pyrrole nitrogens is 1. The van der Waals surface area contributed by atoms with Gasteiger partial charge in [-0.05, 0) is 23.3 Å². The summed E-state index contributed by atoms with van der Waals surface area (Å²) in [5.74, 6) is -1.00. The van der Waals surface area contributed by atoms with Crippen LogP contribution in [-0.2, 0) is 17.9 Å². The van der Waals surface area contributed by atoms with Crippen LogP contribution in [0.4, 0.5) is 16.3 Å². The second kappa shape index (κ2) is 9.29. The van der Waals surface area contributed by atoms with E-state index >= 15 is 0 Å². The van der Waals surface area contributed by atoms with Crippen molar-refractivity contribution >= 4 is 23.5 Å². The molecule has 0 atom stereocenters. The highest BCUT2D eigenvalue weighted by Crippen LogP contribution is 2.11. The van der Waals surface area contributed by atoms with E-state index in [-0.39, 0.29) is 18.2 Å². The molecule has 3 rings (SSSR count). The number of carbonyl (C=O) groups excluding carboxylic acids is 2. The molecule has 29 heavy (non-hydrogen) atoms. The van der Waals surface area contributed by atoms with Crippen LogP contribution in [0.15, 0.2) is 65.5 Å². The number of ether oxygens (including phenoxy) is 1. The molecule has 148 valence electrons. The molecule has 1 heterocycles. The van der Waals surface area contributed by atoms with Gasteiger partial charge in [0.1, 0.15) is 12.4 Å². The van der Waals surface area contributed by atoms with Gasteiger partial charge in [0.2, 0.25) is 5.82 Å². The molecule has 2 aromatic carbocycles. The van der Waals surface area contributed by atoms with Gasteiger partial charge in [0.15, 0.2) is 0 Å². The van der Waals surface area contributed by atoms with Crippen LogP contribution in [-0.4, -0.2) is 22.0 Å². The second-order valence-electron chi connectivity index (χ2n) is 6.02. The third kappa shape index (κ3) is 5.75. The van der Waals surface area contributed by atoms with E-state index in [1.165, 1.54) is 0 Å². The Morgan fingerprint density at radius 1 is 1.00 bits per heavy atom. The highest BCUT2D eigenvalue weighted by atomic mass is 16.5. The van der Waals surface area contributed by atoms with Gasteiger partial charge in [-0.1, -0.05) is 42.5 Å². The molecule has 2 amide bonds. The number of aromatic nitrogens is 2. The van der Waals surface area contributed by atoms with Gasteiger partial charge < -0.3 is 20.8 Å². The Hall–Kier alpha value is -3.98. The van der Waals surface area contributed by atoms with E-state index in [0.29, 0.717) is 12.2 Å². The highest BCUT2D eigenvalue weighted by Gasteiger charge is 2.13. The number of carbonyl (C=O) groups is 2. The van der Waals surface area contributed by atoms with Crippen LogP contribution in [0.2, 0.25) is 0 Å². The molecule has 9 heteroatoms. The zero-order valence-corrected chi connectivity index (χ0v) is 15.3. The molecule has 0 aliphatic carbocycles. The van der Waals surface area contributed by atoms with Crippen molar-refractivity contribution < 1.29 is 14.3 Å². The highest BCUT2D eigenvalue weighted by molar-refractivity contribution is 6.01. The average Bonchev–Trinajstić information content (AvgIpc) is 2.72. The number of hydrogen-bond donors (Lipinski definition) is 4. The average molecular weight is 393 g/mol. The molecule has 0 radical (unpaired) electrons. The summed E-state index contributed by atoms with van der Waals surface area (Å²) in [5, 5.41) is 4.96. The predicted molar refractivity (Wildman–Crippen MR) is 107 cm³/mol. The molecule has 0 saturated carbocycles. The molecule has 0 unspecified atom stereocenters. The SMILES string of the molecule is NCc1cccc(NC(=O)c2nc(NC(=O)OCc3ccccc3)cc(=O)[nH]2)c1. The fraction of sp³-hybridized carbons (Fsp3) is 0.100. The van der Waals surface area contributed by atoms with Gasteiger partial charge in [-0.25, -0.2) is 9.78 Å². The van der Waals surface area contributed by atoms with E-state index in [0.717, 1.165) is 17.2 Å². The molecule has 5 N–H and O–H groups in total. The van der Waals surface area contributed by atoms with Crippen molar-refractivity contribution in [2.75, 3.05) is 10.6 Å². The molecule has 1 aromatic heterocycles. The Kier molecular flexibility index (Phi) is 6.33. The van der Waals surface area contributed by atoms with E-state index in [9.17, 15) is 14.4 Å². The van der Waals surface area contributed by atoms with Crippen LogP contribution in [0.25, 0.3) is 0 Å². The lowest BCUT2D eigenvalue weighted by molar-refractivity contribution is 0.101. The number of amides is 2. The molecule has 0 bridgehead atoms. The van der Waals surface area contributed by atoms with Gasteiger partial charge in [-0.15, -0.1) is 0 Å². The number of nitrogens with zero attached hydrogens (tertiary/aromatic N) is 1. The quantitative estimate of drug-likeness (QED) is 0.506. The lowest BCUT2D eigenvalue weighted by atomic mass is 10.2. The molecule has 0 fully saturated rings. The fourth-order valence-corrected chi connectivity index (χ4v) is 2.46. The third-order valence-electron chi connectivity index (χ3n) is 3.82. The van der Waals surface area contributed by atoms with Crippen LogP contribution < -0.4 is 21.9 Å². The van der Waals surface area contributed by atoms with Crippen molar-refractivity contribution in [2.24, 2.45) is 5.73 Å². The van der Waals surface area contributed by atoms with E-state index in [1.807, 2.05) is 24.3 Å². The number of rotatable bonds is 6. The van der Waals surface area contributed by atoms with E-state index in [4.69, 9.17) is 10.5 Å². The fourth-order valence-electron chi connectivity index (χ4n) is 2.46. The molecular formula is C20H19N5O4. The van der Waals surface area contributed by atoms with Crippen LogP contribution in [0.1, 0.15) is 21.7 Å². The zero-order chi connectivity index (χ0) is 20.6. The standard InChI is InChI=1S/C20H19N5O4/c21-11-14-7-4-8-15(9-14)22-19(27)18-23-16(10-17(26)25-18)24-20(28)29-12-13-5-2-1-3-6-13/h1-10H,11-12,21H2,(H,22,27)(H2,23,24,25,26,28). The van der Waals surface area contributed by atoms with E-state index in [1.54, 1.807) is 30.3 Å². The maximum Gasteiger partial charge on any atom is 0.413 e. The summed E-state index contributed by atoms with van der Waals surface area (Å²) >= 11 is 0. The summed E-state index contributed by atoms with van der Waals surface area (Å²) in [7, 11) is 0. The largest absolute Gasteiger partial charge is 0.444 e. The van der Waals surface area contributed by atoms with E-state index < -0.39 is 17.6 Å². The molecule has 9 nitrogen and oxygen atoms in total. The Morgan fingerprint density at radius 2 is 1.76 bits per heavy atom. The van der Waals surface area contributed by atoms with Crippen molar-refractivity contribution in [3.8, 4) is 0 Å². The van der Waals surface area contributed by atoms with Gasteiger partial charge in [0.25, 0.3) is 11.5 Å². The van der Waals surface area contributed by atoms with Crippen molar-refractivity contribution in [3.05, 3.63) is 88.0 Å². The number of aromatic amines is 1. The first-order chi connectivity index (χ1) is 14.0. The van der Waals surface area contributed by atoms with Gasteiger partial charge in [-0.2, -0.15) is 0 Å². The number of hydrogen-bond acceptors (Lipinski definition) is 6. The van der Waals surface area contributed by atoms with Crippen molar-refractivity contribution in [1.82, 2.24) is 9.97 Å². The van der Waals surface area contributed by atoms with Crippen molar-refractivity contribution in [1.29, 1.82) is 0 Å². The maximum absolute atomic E-state index is 12.4. The first-order valence-electron chi connectivity index (χ1n) is 8.73. The van der Waals surface area contributed by atoms with Crippen molar-refractivity contribution in [3.63, 3.8) is 0 Å². The topological polar surface area (TPSA) is 139 Å². The number of nitrogens with one attached hydrogen (secondary N) is 3. The molecule has 3 aromatic rings. The number of benzene rings is 2. The van der Waals surface area contributed by atoms with Crippen LogP contribution in [0, 0.1) is 0 Å². The van der Waals surface area contributed by atoms with Gasteiger partial charge >= 0.3 is 6.09 Å². The van der Waals surface area contributed by atoms with Gasteiger partial charge in [0, 0.05) is 18.3 Å². The van der Waals surface area contributed by atoms with Crippen LogP contribution in [0.3, 0.4) is 0 Å². The Balaban J connectivity index is 1.66. The smallest absolute Gasteiger partial charge is 0.413 e. The Bertz CT molecular complexity index is 1070. The minimum absolute atomic E-state index is 0.0562. The molecule has 0 saturated heterocycles. The monoisotopic (exact) mass is 393 g/mol. The molecule has 0 spiro atoms. The Labute approximate surface area is 165 Å². The summed E-state index contributed by atoms with van der Waals surface area (Å²) in [4.78, 5) is 42.5. The molecule has 0 aliphatic heterocycles. The molecule has 0 aliphatic rings. The zero-order valence-electron chi connectivity index (χ0n) is 15.3. The predicted octanol–water partition coefficient (Wildman–Crippen LogP) is 2.23. The van der Waals surface area contributed by atoms with Gasteiger partial charge in [-0.3, -0.25) is 14.9 Å². The first kappa shape index (κ1) is 19.8. The molecular weight excluding hydrogens is 374 g/mol. The lowest BCUT2D eigenvalue weighted by Gasteiger charge is -2.09. The van der Waals surface area contributed by atoms with Crippen LogP contribution >= 0.6 is 0 Å². The third-order valence-corrected chi connectivity index (χ3v) is 3.82. The minimum atomic E-state index is -0.797. The summed E-state index contributed by atoms with van der Waals surface area (Å²) < 4.78 is 5.08. The number of anilines is 2. The second-order valence-corrected chi connectivity index (χ2v) is 6.02. The lowest BCUT2D eigenvalue weighted by Crippen LogP contribution is -2.23. The number of nitrogens with two attached hydrogens (primary N) is 1. The minimum Gasteiger partial charge on any atom is -0.444 e. The first-order valence-corrected chi connectivity index (χ1v) is 8.73. The van der Waals surface area contributed by atoms with Crippen LogP contribution in [0.5, 0.6) is 0 Å². The van der Waals surface area contributed by atoms with Crippen molar-refractivity contribution in [2.45, 2.75) is 13.2 Å². The van der Waals surface area contributed by atoms with Gasteiger partial charge in [0.05, 0.1) is 0 Å². The van der Waals surface area contributed by atoms with E-state index in [2.05, 4.69) is 20.6 Å². The Morgan fingerprint density at radius 3 is 2.52 bits per heavy atom. The maximum atomic E-state index is 12.4. The summed E-state index contributed by atoms with van der Waals surface area (Å²) in [6.07, 6.45) is -0.797. The normalized spacial score (nSPS) is 10.2. The summed E-state index contributed by atoms with van der Waals surface area (Å²) in [6.45, 7) is 0.379. The summed E-state index contributed by atoms with van der Waals surface area (Å²) in [6, 6.07) is 17.1. The summed E-state index contributed by atoms with van der Waals surface area (Å²) in [5.41, 5.74) is 7.13.